The number of ether oxygens (including phenoxy) is 1. The van der Waals surface area contributed by atoms with Gasteiger partial charge in [-0.25, -0.2) is 9.97 Å². The lowest BCUT2D eigenvalue weighted by Gasteiger charge is -2.23. The first kappa shape index (κ1) is 17.2. The number of nitrogens with zero attached hydrogens (tertiary/aromatic N) is 2. The van der Waals surface area contributed by atoms with Crippen molar-refractivity contribution in [2.45, 2.75) is 45.1 Å². The highest BCUT2D eigenvalue weighted by Gasteiger charge is 2.14. The summed E-state index contributed by atoms with van der Waals surface area (Å²) in [5, 5.41) is 6.21. The van der Waals surface area contributed by atoms with Gasteiger partial charge in [0.1, 0.15) is 17.3 Å². The summed E-state index contributed by atoms with van der Waals surface area (Å²) in [6.07, 6.45) is 9.30. The third-order valence-electron chi connectivity index (χ3n) is 4.26. The van der Waals surface area contributed by atoms with Crippen LogP contribution < -0.4 is 15.4 Å². The zero-order valence-electron chi connectivity index (χ0n) is 14.5. The van der Waals surface area contributed by atoms with E-state index in [2.05, 4.69) is 20.6 Å². The van der Waals surface area contributed by atoms with E-state index >= 15 is 0 Å². The Kier molecular flexibility index (Phi) is 5.82. The standard InChI is InChI=1S/C19H24N4O2/c1-2-25-16-10-8-15(9-11-16)23-19(24)17-12-21-18(13-20-17)22-14-6-4-3-5-7-14/h8-14H,2-7H2,1H3,(H,21,22)(H,23,24). The van der Waals surface area contributed by atoms with Crippen molar-refractivity contribution in [3.05, 3.63) is 42.4 Å². The average Bonchev–Trinajstić information content (AvgIpc) is 2.65. The van der Waals surface area contributed by atoms with Crippen LogP contribution in [0.2, 0.25) is 0 Å². The molecule has 1 aromatic carbocycles. The highest BCUT2D eigenvalue weighted by molar-refractivity contribution is 6.02. The van der Waals surface area contributed by atoms with Gasteiger partial charge in [0.2, 0.25) is 0 Å². The number of hydrogen-bond acceptors (Lipinski definition) is 5. The lowest BCUT2D eigenvalue weighted by atomic mass is 9.96. The molecule has 1 aliphatic rings. The van der Waals surface area contributed by atoms with Gasteiger partial charge >= 0.3 is 0 Å². The molecule has 0 unspecified atom stereocenters. The van der Waals surface area contributed by atoms with Crippen LogP contribution in [0.25, 0.3) is 0 Å². The Hall–Kier alpha value is -2.63. The summed E-state index contributed by atoms with van der Waals surface area (Å²) < 4.78 is 5.38. The molecule has 1 aromatic heterocycles. The van der Waals surface area contributed by atoms with Gasteiger partial charge in [0.05, 0.1) is 19.0 Å². The fourth-order valence-corrected chi connectivity index (χ4v) is 2.97. The summed E-state index contributed by atoms with van der Waals surface area (Å²) in [7, 11) is 0. The molecule has 25 heavy (non-hydrogen) atoms. The van der Waals surface area contributed by atoms with Gasteiger partial charge in [0.15, 0.2) is 0 Å². The minimum atomic E-state index is -0.277. The number of amides is 1. The summed E-state index contributed by atoms with van der Waals surface area (Å²) >= 11 is 0. The molecule has 1 amide bonds. The van der Waals surface area contributed by atoms with Crippen molar-refractivity contribution in [3.63, 3.8) is 0 Å². The lowest BCUT2D eigenvalue weighted by Crippen LogP contribution is -2.23. The fourth-order valence-electron chi connectivity index (χ4n) is 2.97. The van der Waals surface area contributed by atoms with Crippen molar-refractivity contribution in [3.8, 4) is 5.75 Å². The molecule has 1 saturated carbocycles. The molecule has 0 atom stereocenters. The molecule has 6 heteroatoms. The van der Waals surface area contributed by atoms with Crippen molar-refractivity contribution in [2.75, 3.05) is 17.2 Å². The van der Waals surface area contributed by atoms with Crippen molar-refractivity contribution < 1.29 is 9.53 Å². The molecule has 1 fully saturated rings. The van der Waals surface area contributed by atoms with Crippen LogP contribution in [0, 0.1) is 0 Å². The first-order valence-corrected chi connectivity index (χ1v) is 8.87. The van der Waals surface area contributed by atoms with Crippen molar-refractivity contribution >= 4 is 17.4 Å². The first-order valence-electron chi connectivity index (χ1n) is 8.87. The molecule has 2 aromatic rings. The van der Waals surface area contributed by atoms with Gasteiger partial charge in [-0.05, 0) is 44.0 Å². The van der Waals surface area contributed by atoms with Crippen LogP contribution in [0.15, 0.2) is 36.7 Å². The maximum absolute atomic E-state index is 12.3. The summed E-state index contributed by atoms with van der Waals surface area (Å²) in [5.41, 5.74) is 0.989. The summed E-state index contributed by atoms with van der Waals surface area (Å²) in [6, 6.07) is 7.71. The van der Waals surface area contributed by atoms with E-state index in [9.17, 15) is 4.79 Å². The third-order valence-corrected chi connectivity index (χ3v) is 4.26. The SMILES string of the molecule is CCOc1ccc(NC(=O)c2cnc(NC3CCCCC3)cn2)cc1. The summed E-state index contributed by atoms with van der Waals surface area (Å²) in [6.45, 7) is 2.55. The molecular formula is C19H24N4O2. The highest BCUT2D eigenvalue weighted by atomic mass is 16.5. The Balaban J connectivity index is 1.56. The maximum Gasteiger partial charge on any atom is 0.275 e. The third kappa shape index (κ3) is 4.92. The molecule has 0 radical (unpaired) electrons. The van der Waals surface area contributed by atoms with E-state index in [1.807, 2.05) is 19.1 Å². The van der Waals surface area contributed by atoms with E-state index in [1.54, 1.807) is 18.3 Å². The van der Waals surface area contributed by atoms with Gasteiger partial charge < -0.3 is 15.4 Å². The van der Waals surface area contributed by atoms with Crippen LogP contribution in [-0.2, 0) is 0 Å². The van der Waals surface area contributed by atoms with Gasteiger partial charge in [0, 0.05) is 11.7 Å². The van der Waals surface area contributed by atoms with Gasteiger partial charge in [-0.2, -0.15) is 0 Å². The molecule has 6 nitrogen and oxygen atoms in total. The van der Waals surface area contributed by atoms with Crippen molar-refractivity contribution in [2.24, 2.45) is 0 Å². The zero-order valence-corrected chi connectivity index (χ0v) is 14.5. The van der Waals surface area contributed by atoms with Crippen LogP contribution in [-0.4, -0.2) is 28.5 Å². The van der Waals surface area contributed by atoms with Crippen LogP contribution in [0.4, 0.5) is 11.5 Å². The van der Waals surface area contributed by atoms with Crippen LogP contribution in [0.5, 0.6) is 5.75 Å². The first-order chi connectivity index (χ1) is 12.2. The molecule has 0 saturated heterocycles. The number of carbonyl (C=O) groups excluding carboxylic acids is 1. The normalized spacial score (nSPS) is 14.8. The number of nitrogens with one attached hydrogen (secondary N) is 2. The van der Waals surface area contributed by atoms with Gasteiger partial charge in [-0.15, -0.1) is 0 Å². The quantitative estimate of drug-likeness (QED) is 0.835. The average molecular weight is 340 g/mol. The number of benzene rings is 1. The molecule has 3 rings (SSSR count). The topological polar surface area (TPSA) is 76.1 Å². The Bertz CT molecular complexity index is 680. The van der Waals surface area contributed by atoms with Gasteiger partial charge in [-0.1, -0.05) is 19.3 Å². The van der Waals surface area contributed by atoms with Gasteiger partial charge in [-0.3, -0.25) is 4.79 Å². The minimum absolute atomic E-state index is 0.277. The van der Waals surface area contributed by atoms with Crippen LogP contribution in [0.3, 0.4) is 0 Å². The number of anilines is 2. The molecule has 0 bridgehead atoms. The molecular weight excluding hydrogens is 316 g/mol. The Morgan fingerprint density at radius 3 is 2.52 bits per heavy atom. The second kappa shape index (κ2) is 8.46. The molecule has 132 valence electrons. The van der Waals surface area contributed by atoms with E-state index in [0.717, 1.165) is 11.6 Å². The second-order valence-corrected chi connectivity index (χ2v) is 6.18. The van der Waals surface area contributed by atoms with Crippen molar-refractivity contribution in [1.29, 1.82) is 0 Å². The maximum atomic E-state index is 12.3. The summed E-state index contributed by atoms with van der Waals surface area (Å²) in [4.78, 5) is 20.8. The molecule has 1 aliphatic carbocycles. The Labute approximate surface area is 148 Å². The van der Waals surface area contributed by atoms with Gasteiger partial charge in [0.25, 0.3) is 5.91 Å². The highest BCUT2D eigenvalue weighted by Crippen LogP contribution is 2.20. The second-order valence-electron chi connectivity index (χ2n) is 6.18. The fraction of sp³-hybridized carbons (Fsp3) is 0.421. The minimum Gasteiger partial charge on any atom is -0.494 e. The predicted octanol–water partition coefficient (Wildman–Crippen LogP) is 3.87. The summed E-state index contributed by atoms with van der Waals surface area (Å²) in [5.74, 6) is 1.23. The van der Waals surface area contributed by atoms with E-state index in [0.29, 0.717) is 24.0 Å². The largest absolute Gasteiger partial charge is 0.494 e. The molecule has 0 spiro atoms. The lowest BCUT2D eigenvalue weighted by molar-refractivity contribution is 0.102. The van der Waals surface area contributed by atoms with Crippen LogP contribution in [0.1, 0.15) is 49.5 Å². The Morgan fingerprint density at radius 2 is 1.88 bits per heavy atom. The van der Waals surface area contributed by atoms with Crippen molar-refractivity contribution in [1.82, 2.24) is 9.97 Å². The Morgan fingerprint density at radius 1 is 1.12 bits per heavy atom. The number of rotatable bonds is 6. The zero-order chi connectivity index (χ0) is 17.5. The smallest absolute Gasteiger partial charge is 0.275 e. The van der Waals surface area contributed by atoms with E-state index < -0.39 is 0 Å². The predicted molar refractivity (Wildman–Crippen MR) is 98.1 cm³/mol. The van der Waals surface area contributed by atoms with E-state index in [4.69, 9.17) is 4.74 Å². The van der Waals surface area contributed by atoms with E-state index in [-0.39, 0.29) is 5.91 Å². The number of aromatic nitrogens is 2. The molecule has 2 N–H and O–H groups in total. The number of carbonyl (C=O) groups is 1. The molecule has 1 heterocycles. The van der Waals surface area contributed by atoms with E-state index in [1.165, 1.54) is 38.3 Å². The molecule has 0 aliphatic heterocycles. The number of hydrogen-bond donors (Lipinski definition) is 2. The monoisotopic (exact) mass is 340 g/mol. The van der Waals surface area contributed by atoms with Crippen LogP contribution >= 0.6 is 0 Å².